The molecule has 0 atom stereocenters. The van der Waals surface area contributed by atoms with Gasteiger partial charge in [0.25, 0.3) is 0 Å². The van der Waals surface area contributed by atoms with E-state index in [4.69, 9.17) is 5.26 Å². The SMILES string of the molecule is C=C(CC=Cc1ccccc1)C(=O)OO. The van der Waals surface area contributed by atoms with Crippen molar-refractivity contribution >= 4 is 12.0 Å². The first kappa shape index (κ1) is 11.2. The summed E-state index contributed by atoms with van der Waals surface area (Å²) in [7, 11) is 0. The van der Waals surface area contributed by atoms with Crippen LogP contribution in [-0.2, 0) is 9.68 Å². The molecule has 0 radical (unpaired) electrons. The molecular formula is C12H12O3. The van der Waals surface area contributed by atoms with Crippen LogP contribution in [0.5, 0.6) is 0 Å². The molecule has 0 saturated carbocycles. The van der Waals surface area contributed by atoms with Crippen LogP contribution >= 0.6 is 0 Å². The Labute approximate surface area is 88.2 Å². The van der Waals surface area contributed by atoms with E-state index in [1.165, 1.54) is 0 Å². The Bertz CT molecular complexity index is 366. The largest absolute Gasteiger partial charge is 0.368 e. The molecule has 0 heterocycles. The fourth-order valence-corrected chi connectivity index (χ4v) is 1.05. The van der Waals surface area contributed by atoms with Crippen LogP contribution in [0.15, 0.2) is 48.6 Å². The Morgan fingerprint density at radius 3 is 2.67 bits per heavy atom. The lowest BCUT2D eigenvalue weighted by molar-refractivity contribution is -0.229. The molecule has 0 aliphatic rings. The first-order chi connectivity index (χ1) is 7.24. The van der Waals surface area contributed by atoms with Crippen LogP contribution in [0.2, 0.25) is 0 Å². The molecule has 0 unspecified atom stereocenters. The zero-order chi connectivity index (χ0) is 11.1. The van der Waals surface area contributed by atoms with E-state index in [0.29, 0.717) is 6.42 Å². The molecule has 0 fully saturated rings. The fraction of sp³-hybridized carbons (Fsp3) is 0.0833. The average molecular weight is 204 g/mol. The molecule has 0 saturated heterocycles. The molecule has 0 bridgehead atoms. The normalized spacial score (nSPS) is 10.2. The molecule has 15 heavy (non-hydrogen) atoms. The van der Waals surface area contributed by atoms with Crippen molar-refractivity contribution in [3.05, 3.63) is 54.1 Å². The summed E-state index contributed by atoms with van der Waals surface area (Å²) < 4.78 is 0. The fourth-order valence-electron chi connectivity index (χ4n) is 1.05. The molecule has 1 aromatic carbocycles. The van der Waals surface area contributed by atoms with Crippen molar-refractivity contribution < 1.29 is 14.9 Å². The highest BCUT2D eigenvalue weighted by Gasteiger charge is 2.04. The summed E-state index contributed by atoms with van der Waals surface area (Å²) in [6.45, 7) is 3.47. The Kier molecular flexibility index (Phi) is 4.31. The minimum atomic E-state index is -0.798. The number of carbonyl (C=O) groups is 1. The van der Waals surface area contributed by atoms with Gasteiger partial charge in [-0.25, -0.2) is 4.79 Å². The van der Waals surface area contributed by atoms with Gasteiger partial charge < -0.3 is 0 Å². The van der Waals surface area contributed by atoms with Crippen LogP contribution < -0.4 is 0 Å². The predicted molar refractivity (Wildman–Crippen MR) is 58.0 cm³/mol. The third kappa shape index (κ3) is 3.79. The summed E-state index contributed by atoms with van der Waals surface area (Å²) in [6.07, 6.45) is 4.01. The van der Waals surface area contributed by atoms with Crippen LogP contribution in [0.4, 0.5) is 0 Å². The van der Waals surface area contributed by atoms with Crippen molar-refractivity contribution in [2.24, 2.45) is 0 Å². The first-order valence-electron chi connectivity index (χ1n) is 4.49. The molecule has 1 rings (SSSR count). The van der Waals surface area contributed by atoms with Crippen molar-refractivity contribution in [2.75, 3.05) is 0 Å². The van der Waals surface area contributed by atoms with Crippen LogP contribution in [0, 0.1) is 0 Å². The summed E-state index contributed by atoms with van der Waals surface area (Å²) in [6, 6.07) is 9.68. The standard InChI is InChI=1S/C12H12O3/c1-10(12(13)15-14)6-5-9-11-7-3-2-4-8-11/h2-5,7-9,14H,1,6H2. The summed E-state index contributed by atoms with van der Waals surface area (Å²) in [4.78, 5) is 14.3. The van der Waals surface area contributed by atoms with Gasteiger partial charge >= 0.3 is 5.97 Å². The Morgan fingerprint density at radius 2 is 2.07 bits per heavy atom. The van der Waals surface area contributed by atoms with Gasteiger partial charge in [0.15, 0.2) is 0 Å². The molecule has 0 aliphatic heterocycles. The van der Waals surface area contributed by atoms with Gasteiger partial charge in [-0.3, -0.25) is 4.89 Å². The quantitative estimate of drug-likeness (QED) is 0.466. The molecule has 3 heteroatoms. The van der Waals surface area contributed by atoms with Crippen molar-refractivity contribution in [3.8, 4) is 0 Å². The number of hydrogen-bond acceptors (Lipinski definition) is 3. The molecule has 0 aliphatic carbocycles. The zero-order valence-corrected chi connectivity index (χ0v) is 8.22. The van der Waals surface area contributed by atoms with Gasteiger partial charge in [0, 0.05) is 5.57 Å². The highest BCUT2D eigenvalue weighted by molar-refractivity contribution is 5.87. The van der Waals surface area contributed by atoms with E-state index < -0.39 is 5.97 Å². The minimum absolute atomic E-state index is 0.213. The molecule has 3 nitrogen and oxygen atoms in total. The van der Waals surface area contributed by atoms with Gasteiger partial charge in [-0.05, 0) is 12.0 Å². The summed E-state index contributed by atoms with van der Waals surface area (Å²) >= 11 is 0. The summed E-state index contributed by atoms with van der Waals surface area (Å²) in [5, 5.41) is 8.09. The lowest BCUT2D eigenvalue weighted by atomic mass is 10.1. The lowest BCUT2D eigenvalue weighted by Gasteiger charge is -1.96. The van der Waals surface area contributed by atoms with Crippen LogP contribution in [0.25, 0.3) is 6.08 Å². The van der Waals surface area contributed by atoms with E-state index in [1.807, 2.05) is 36.4 Å². The van der Waals surface area contributed by atoms with E-state index in [1.54, 1.807) is 6.08 Å². The molecule has 1 aromatic rings. The van der Waals surface area contributed by atoms with Gasteiger partial charge in [-0.1, -0.05) is 49.1 Å². The number of benzene rings is 1. The van der Waals surface area contributed by atoms with Crippen LogP contribution in [-0.4, -0.2) is 11.2 Å². The Hall–Kier alpha value is -1.87. The van der Waals surface area contributed by atoms with Gasteiger partial charge in [0.05, 0.1) is 0 Å². The van der Waals surface area contributed by atoms with E-state index in [0.717, 1.165) is 5.56 Å². The molecule has 78 valence electrons. The van der Waals surface area contributed by atoms with Gasteiger partial charge in [-0.15, -0.1) is 0 Å². The second-order valence-corrected chi connectivity index (χ2v) is 3.00. The van der Waals surface area contributed by atoms with Crippen molar-refractivity contribution in [2.45, 2.75) is 6.42 Å². The van der Waals surface area contributed by atoms with Gasteiger partial charge in [0.2, 0.25) is 0 Å². The third-order valence-electron chi connectivity index (χ3n) is 1.85. The van der Waals surface area contributed by atoms with Crippen LogP contribution in [0.3, 0.4) is 0 Å². The van der Waals surface area contributed by atoms with E-state index >= 15 is 0 Å². The van der Waals surface area contributed by atoms with Crippen molar-refractivity contribution in [1.29, 1.82) is 0 Å². The maximum absolute atomic E-state index is 10.7. The number of allylic oxidation sites excluding steroid dienone is 1. The van der Waals surface area contributed by atoms with Gasteiger partial charge in [-0.2, -0.15) is 5.26 Å². The summed E-state index contributed by atoms with van der Waals surface area (Å²) in [5.41, 5.74) is 1.26. The van der Waals surface area contributed by atoms with E-state index in [2.05, 4.69) is 11.5 Å². The molecule has 0 amide bonds. The Balaban J connectivity index is 2.47. The van der Waals surface area contributed by atoms with Crippen molar-refractivity contribution in [3.63, 3.8) is 0 Å². The maximum Gasteiger partial charge on any atom is 0.368 e. The molecule has 0 spiro atoms. The number of hydrogen-bond donors (Lipinski definition) is 1. The molecular weight excluding hydrogens is 192 g/mol. The third-order valence-corrected chi connectivity index (χ3v) is 1.85. The Morgan fingerprint density at radius 1 is 1.40 bits per heavy atom. The monoisotopic (exact) mass is 204 g/mol. The second kappa shape index (κ2) is 5.78. The van der Waals surface area contributed by atoms with E-state index in [-0.39, 0.29) is 5.57 Å². The minimum Gasteiger partial charge on any atom is -0.296 e. The maximum atomic E-state index is 10.7. The van der Waals surface area contributed by atoms with Crippen LogP contribution in [0.1, 0.15) is 12.0 Å². The smallest absolute Gasteiger partial charge is 0.296 e. The topological polar surface area (TPSA) is 46.5 Å². The average Bonchev–Trinajstić information content (AvgIpc) is 2.29. The highest BCUT2D eigenvalue weighted by atomic mass is 17.1. The summed E-state index contributed by atoms with van der Waals surface area (Å²) in [5.74, 6) is -0.798. The molecule has 0 aromatic heterocycles. The lowest BCUT2D eigenvalue weighted by Crippen LogP contribution is -2.02. The highest BCUT2D eigenvalue weighted by Crippen LogP contribution is 2.06. The number of rotatable bonds is 4. The predicted octanol–water partition coefficient (Wildman–Crippen LogP) is 2.66. The van der Waals surface area contributed by atoms with Gasteiger partial charge in [0.1, 0.15) is 0 Å². The first-order valence-corrected chi connectivity index (χ1v) is 4.49. The van der Waals surface area contributed by atoms with E-state index in [9.17, 15) is 4.79 Å². The number of carbonyl (C=O) groups excluding carboxylic acids is 1. The zero-order valence-electron chi connectivity index (χ0n) is 8.22. The van der Waals surface area contributed by atoms with Crippen molar-refractivity contribution in [1.82, 2.24) is 0 Å². The molecule has 1 N–H and O–H groups in total. The second-order valence-electron chi connectivity index (χ2n) is 3.00.